The van der Waals surface area contributed by atoms with E-state index in [4.69, 9.17) is 29.9 Å². The Kier molecular flexibility index (Phi) is 11.5. The first-order valence-electron chi connectivity index (χ1n) is 30.2. The maximum atomic E-state index is 13.7. The highest BCUT2D eigenvalue weighted by Gasteiger charge is 2.30. The zero-order valence-corrected chi connectivity index (χ0v) is 61.1. The Morgan fingerprint density at radius 3 is 0.646 bits per heavy atom. The van der Waals surface area contributed by atoms with Gasteiger partial charge in [0.15, 0.2) is 0 Å². The molecule has 0 aliphatic carbocycles. The fraction of sp³-hybridized carbons (Fsp3) is 0. The van der Waals surface area contributed by atoms with E-state index in [-0.39, 0.29) is 33.4 Å². The Balaban J connectivity index is 0.0000000949. The SMILES string of the molecule is O=c1c2sc3c(=O)n4c5cc(Br)ccc5nc4c4ccc(c2c34)c2nc3cc(Br)ccc3n12.O=c1c2sc3c(=O)n4c5cc(Br)ccc5nc4c4ccc(c2c34)c2nc3ccc(Br)cc3n12.O=c1c2sc3c(=O)n4c5ccc(Br)cc5nc4c4ccc(c2c34)c2nc3cc(Br)ccc3n12. The number of imidazole rings is 6. The number of halogens is 6. The van der Waals surface area contributed by atoms with Gasteiger partial charge in [0.1, 0.15) is 62.1 Å². The smallest absolute Gasteiger partial charge is 0.267 e. The lowest BCUT2D eigenvalue weighted by molar-refractivity contribution is 1.19. The molecule has 0 aliphatic heterocycles. The standard InChI is InChI=1S/3C24H8Br2N4O2S/c25-9-2-6-15-14(7-9)28-22-12-4-3-11-17-18(12)19(23(31)29(15)22)33-20(17)24(32)30-16-8-10(26)1-5-13(16)27-21(11)30;25-9-1-5-15-13(7-9)27-21-11-3-4-12-18-17(11)19(23(31)29(15)21)33-20(18)24(32)30-16-6-2-10(26)8-14(16)28-22(12)30;25-9-1-5-13-15(7-9)29-21(27-13)11-3-4-12-18-17(11)19(23(29)31)33-20(18)24(32)30-16-8-10(26)2-6-14(16)28-22(12)30/h3*1-8H. The van der Waals surface area contributed by atoms with Crippen LogP contribution in [0, 0.1) is 0 Å². The van der Waals surface area contributed by atoms with E-state index >= 15 is 0 Å². The van der Waals surface area contributed by atoms with Crippen LogP contribution in [0.4, 0.5) is 0 Å². The van der Waals surface area contributed by atoms with Crippen LogP contribution in [-0.4, -0.2) is 56.3 Å². The molecule has 468 valence electrons. The number of hydrogen-bond donors (Lipinski definition) is 0. The van der Waals surface area contributed by atoms with Crippen molar-refractivity contribution in [2.24, 2.45) is 0 Å². The number of fused-ring (bicyclic) bond motifs is 24. The third-order valence-electron chi connectivity index (χ3n) is 19.1. The van der Waals surface area contributed by atoms with Gasteiger partial charge in [0.25, 0.3) is 33.4 Å². The average molecular weight is 1730 g/mol. The van der Waals surface area contributed by atoms with Gasteiger partial charge < -0.3 is 0 Å². The molecule has 0 unspecified atom stereocenters. The Morgan fingerprint density at radius 1 is 0.222 bits per heavy atom. The van der Waals surface area contributed by atoms with Crippen LogP contribution < -0.4 is 33.4 Å². The quantitative estimate of drug-likeness (QED) is 0.130. The third kappa shape index (κ3) is 7.40. The Hall–Kier alpha value is -9.42. The molecule has 15 aromatic heterocycles. The van der Waals surface area contributed by atoms with Gasteiger partial charge in [-0.15, -0.1) is 34.0 Å². The second-order valence-electron chi connectivity index (χ2n) is 24.3. The number of hydrogen-bond acceptors (Lipinski definition) is 15. The van der Waals surface area contributed by atoms with Gasteiger partial charge in [-0.25, -0.2) is 29.9 Å². The fourth-order valence-electron chi connectivity index (χ4n) is 15.1. The van der Waals surface area contributed by atoms with Crippen molar-refractivity contribution in [1.82, 2.24) is 56.3 Å². The van der Waals surface area contributed by atoms with E-state index in [2.05, 4.69) is 95.6 Å². The van der Waals surface area contributed by atoms with Gasteiger partial charge in [-0.2, -0.15) is 0 Å². The molecular formula is C72H24Br6N12O6S3. The van der Waals surface area contributed by atoms with E-state index in [9.17, 15) is 28.8 Å². The molecule has 0 radical (unpaired) electrons. The number of nitrogens with zero attached hydrogens (tertiary/aromatic N) is 12. The van der Waals surface area contributed by atoms with E-state index < -0.39 is 0 Å². The molecule has 0 fully saturated rings. The van der Waals surface area contributed by atoms with Crippen molar-refractivity contribution in [3.63, 3.8) is 0 Å². The van der Waals surface area contributed by atoms with Gasteiger partial charge in [0, 0.05) is 91.5 Å². The lowest BCUT2D eigenvalue weighted by Gasteiger charge is -2.05. The van der Waals surface area contributed by atoms with Gasteiger partial charge in [-0.3, -0.25) is 55.2 Å². The van der Waals surface area contributed by atoms with Crippen LogP contribution >= 0.6 is 130 Å². The lowest BCUT2D eigenvalue weighted by atomic mass is 10.0. The maximum absolute atomic E-state index is 13.7. The van der Waals surface area contributed by atoms with Crippen molar-refractivity contribution < 1.29 is 0 Å². The normalized spacial score (nSPS) is 12.8. The summed E-state index contributed by atoms with van der Waals surface area (Å²) in [5.74, 6) is 0. The molecule has 18 nitrogen and oxygen atoms in total. The maximum Gasteiger partial charge on any atom is 0.274 e. The number of rotatable bonds is 0. The van der Waals surface area contributed by atoms with Gasteiger partial charge in [-0.1, -0.05) is 95.6 Å². The van der Waals surface area contributed by atoms with Gasteiger partial charge in [-0.05, 0) is 146 Å². The topological polar surface area (TPSA) is 206 Å². The number of aromatic nitrogens is 12. The molecule has 0 amide bonds. The minimum Gasteiger partial charge on any atom is -0.267 e. The van der Waals surface area contributed by atoms with E-state index in [1.807, 2.05) is 146 Å². The molecule has 0 saturated heterocycles. The van der Waals surface area contributed by atoms with Gasteiger partial charge >= 0.3 is 0 Å². The summed E-state index contributed by atoms with van der Waals surface area (Å²) in [5.41, 5.74) is 11.7. The van der Waals surface area contributed by atoms with Gasteiger partial charge in [0.2, 0.25) is 0 Å². The molecular weight excluding hydrogens is 1700 g/mol. The molecule has 15 heterocycles. The van der Waals surface area contributed by atoms with Crippen LogP contribution in [0.5, 0.6) is 0 Å². The van der Waals surface area contributed by atoms with Crippen molar-refractivity contribution in [1.29, 1.82) is 0 Å². The first-order chi connectivity index (χ1) is 48.0. The van der Waals surface area contributed by atoms with Crippen molar-refractivity contribution in [3.8, 4) is 0 Å². The molecule has 0 saturated carbocycles. The Bertz CT molecular complexity index is 7810. The molecule has 24 rings (SSSR count). The Morgan fingerprint density at radius 2 is 0.414 bits per heavy atom. The largest absolute Gasteiger partial charge is 0.274 e. The van der Waals surface area contributed by atoms with Gasteiger partial charge in [0.05, 0.1) is 66.2 Å². The van der Waals surface area contributed by atoms with E-state index in [1.54, 1.807) is 26.4 Å². The molecule has 27 heteroatoms. The first-order valence-corrected chi connectivity index (χ1v) is 37.4. The summed E-state index contributed by atoms with van der Waals surface area (Å²) < 4.78 is 18.7. The molecule has 9 aromatic carbocycles. The zero-order chi connectivity index (χ0) is 66.5. The first kappa shape index (κ1) is 57.5. The number of thiophene rings is 3. The summed E-state index contributed by atoms with van der Waals surface area (Å²) in [5, 5.41) is 9.95. The van der Waals surface area contributed by atoms with Crippen LogP contribution in [0.15, 0.2) is 201 Å². The minimum atomic E-state index is -0.156. The summed E-state index contributed by atoms with van der Waals surface area (Å²) in [4.78, 5) is 111. The van der Waals surface area contributed by atoms with Crippen LogP contribution in [-0.2, 0) is 0 Å². The highest BCUT2D eigenvalue weighted by atomic mass is 79.9. The predicted octanol–water partition coefficient (Wildman–Crippen LogP) is 17.8. The second-order valence-corrected chi connectivity index (χ2v) is 32.8. The predicted molar refractivity (Wildman–Crippen MR) is 419 cm³/mol. The summed E-state index contributed by atoms with van der Waals surface area (Å²) >= 11 is 24.7. The number of pyridine rings is 6. The highest BCUT2D eigenvalue weighted by molar-refractivity contribution is 9.11. The van der Waals surface area contributed by atoms with Crippen LogP contribution in [0.1, 0.15) is 0 Å². The third-order valence-corrected chi connectivity index (χ3v) is 25.6. The van der Waals surface area contributed by atoms with E-state index in [1.165, 1.54) is 34.0 Å². The zero-order valence-electron chi connectivity index (χ0n) is 49.2. The molecule has 0 spiro atoms. The van der Waals surface area contributed by atoms with Crippen LogP contribution in [0.2, 0.25) is 0 Å². The summed E-state index contributed by atoms with van der Waals surface area (Å²) in [7, 11) is 0. The second kappa shape index (κ2) is 19.7. The highest BCUT2D eigenvalue weighted by Crippen LogP contribution is 2.45. The molecule has 0 atom stereocenters. The lowest BCUT2D eigenvalue weighted by Crippen LogP contribution is -2.12. The monoisotopic (exact) mass is 1720 g/mol. The van der Waals surface area contributed by atoms with E-state index in [0.717, 1.165) is 158 Å². The summed E-state index contributed by atoms with van der Waals surface area (Å²) in [6.45, 7) is 0. The minimum absolute atomic E-state index is 0.151. The van der Waals surface area contributed by atoms with Crippen molar-refractivity contribution in [2.45, 2.75) is 0 Å². The van der Waals surface area contributed by atoms with E-state index in [0.29, 0.717) is 62.1 Å². The van der Waals surface area contributed by atoms with Crippen LogP contribution in [0.3, 0.4) is 0 Å². The van der Waals surface area contributed by atoms with Crippen molar-refractivity contribution in [2.75, 3.05) is 0 Å². The molecule has 0 N–H and O–H groups in total. The van der Waals surface area contributed by atoms with Crippen molar-refractivity contribution >= 4 is 323 Å². The molecule has 0 aliphatic rings. The van der Waals surface area contributed by atoms with Crippen molar-refractivity contribution in [3.05, 3.63) is 235 Å². The fourth-order valence-corrected chi connectivity index (χ4v) is 20.8. The molecule has 99 heavy (non-hydrogen) atoms. The summed E-state index contributed by atoms with van der Waals surface area (Å²) in [6, 6.07) is 46.2. The molecule has 0 bridgehead atoms. The number of benzene rings is 9. The summed E-state index contributed by atoms with van der Waals surface area (Å²) in [6.07, 6.45) is 0. The van der Waals surface area contributed by atoms with Crippen LogP contribution in [0.25, 0.3) is 193 Å². The Labute approximate surface area is 607 Å². The molecule has 24 aromatic rings. The average Bonchev–Trinajstić information content (AvgIpc) is 1.55.